The number of nitrogens with one attached hydrogen (secondary N) is 2. The van der Waals surface area contributed by atoms with Gasteiger partial charge in [-0.3, -0.25) is 24.1 Å². The first-order valence-corrected chi connectivity index (χ1v) is 10.2. The summed E-state index contributed by atoms with van der Waals surface area (Å²) in [4.78, 5) is 51.9. The summed E-state index contributed by atoms with van der Waals surface area (Å²) in [5, 5.41) is 5.35. The summed E-state index contributed by atoms with van der Waals surface area (Å²) in [7, 11) is 0. The lowest BCUT2D eigenvalue weighted by Crippen LogP contribution is -2.51. The summed E-state index contributed by atoms with van der Waals surface area (Å²) >= 11 is 0. The molecule has 0 bridgehead atoms. The number of hydrogen-bond acceptors (Lipinski definition) is 5. The van der Waals surface area contributed by atoms with Crippen LogP contribution in [0.4, 0.5) is 0 Å². The van der Waals surface area contributed by atoms with Gasteiger partial charge in [-0.15, -0.1) is 0 Å². The first kappa shape index (κ1) is 21.0. The molecule has 8 nitrogen and oxygen atoms in total. The molecule has 0 unspecified atom stereocenters. The van der Waals surface area contributed by atoms with Crippen LogP contribution in [0, 0.1) is 0 Å². The molecule has 2 heterocycles. The van der Waals surface area contributed by atoms with Gasteiger partial charge in [-0.05, 0) is 29.8 Å². The minimum Gasteiger partial charge on any atom is -0.459 e. The van der Waals surface area contributed by atoms with Crippen LogP contribution in [0.3, 0.4) is 0 Å². The molecule has 162 valence electrons. The second-order valence-corrected chi connectivity index (χ2v) is 7.26. The van der Waals surface area contributed by atoms with E-state index in [-0.39, 0.29) is 36.4 Å². The van der Waals surface area contributed by atoms with Gasteiger partial charge in [-0.1, -0.05) is 42.5 Å². The van der Waals surface area contributed by atoms with Gasteiger partial charge in [0.2, 0.25) is 5.91 Å². The monoisotopic (exact) mass is 431 g/mol. The molecule has 4 amide bonds. The van der Waals surface area contributed by atoms with E-state index in [0.717, 1.165) is 10.5 Å². The maximum Gasteiger partial charge on any atom is 0.287 e. The Morgan fingerprint density at radius 3 is 2.06 bits per heavy atom. The standard InChI is InChI=1S/C24H21N3O5/c28-21(25-12-13-26-22(29)20-11-6-14-32-20)19(15-16-7-2-1-3-8-16)27-23(30)17-9-4-5-10-18(17)24(27)31/h1-11,14,19H,12-13,15H2,(H,25,28)(H,26,29)/t19-/m0/s1. The zero-order valence-electron chi connectivity index (χ0n) is 17.1. The fraction of sp³-hybridized carbons (Fsp3) is 0.167. The van der Waals surface area contributed by atoms with Crippen LogP contribution in [0.15, 0.2) is 77.4 Å². The number of rotatable bonds is 8. The quantitative estimate of drug-likeness (QED) is 0.419. The molecule has 2 N–H and O–H groups in total. The highest BCUT2D eigenvalue weighted by atomic mass is 16.3. The Morgan fingerprint density at radius 1 is 0.812 bits per heavy atom. The lowest BCUT2D eigenvalue weighted by molar-refractivity contribution is -0.125. The largest absolute Gasteiger partial charge is 0.459 e. The van der Waals surface area contributed by atoms with Crippen LogP contribution in [0.1, 0.15) is 36.8 Å². The van der Waals surface area contributed by atoms with Crippen molar-refractivity contribution in [1.82, 2.24) is 15.5 Å². The Kier molecular flexibility index (Phi) is 6.12. The number of hydrogen-bond donors (Lipinski definition) is 2. The topological polar surface area (TPSA) is 109 Å². The molecule has 1 aliphatic heterocycles. The minimum absolute atomic E-state index is 0.125. The van der Waals surface area contributed by atoms with E-state index in [9.17, 15) is 19.2 Å². The van der Waals surface area contributed by atoms with Gasteiger partial charge < -0.3 is 15.1 Å². The molecule has 0 fully saturated rings. The molecule has 0 spiro atoms. The second-order valence-electron chi connectivity index (χ2n) is 7.26. The minimum atomic E-state index is -1.02. The van der Waals surface area contributed by atoms with Gasteiger partial charge in [-0.25, -0.2) is 0 Å². The van der Waals surface area contributed by atoms with Crippen molar-refractivity contribution in [1.29, 1.82) is 0 Å². The van der Waals surface area contributed by atoms with E-state index in [1.165, 1.54) is 12.3 Å². The predicted octanol–water partition coefficient (Wildman–Crippen LogP) is 2.03. The highest BCUT2D eigenvalue weighted by Gasteiger charge is 2.42. The average molecular weight is 431 g/mol. The molecule has 0 radical (unpaired) electrons. The molecular weight excluding hydrogens is 410 g/mol. The Bertz CT molecular complexity index is 1110. The number of carbonyl (C=O) groups is 4. The van der Waals surface area contributed by atoms with Gasteiger partial charge in [0.25, 0.3) is 17.7 Å². The molecule has 1 atom stereocenters. The summed E-state index contributed by atoms with van der Waals surface area (Å²) in [5.41, 5.74) is 1.39. The van der Waals surface area contributed by atoms with E-state index in [0.29, 0.717) is 0 Å². The Labute approximate surface area is 184 Å². The van der Waals surface area contributed by atoms with Gasteiger partial charge >= 0.3 is 0 Å². The summed E-state index contributed by atoms with van der Waals surface area (Å²) in [6, 6.07) is 17.8. The molecule has 32 heavy (non-hydrogen) atoms. The predicted molar refractivity (Wildman–Crippen MR) is 115 cm³/mol. The smallest absolute Gasteiger partial charge is 0.287 e. The number of fused-ring (bicyclic) bond motifs is 1. The Hall–Kier alpha value is -4.20. The summed E-state index contributed by atoms with van der Waals surface area (Å²) in [6.07, 6.45) is 1.57. The fourth-order valence-corrected chi connectivity index (χ4v) is 3.60. The second kappa shape index (κ2) is 9.30. The summed E-state index contributed by atoms with van der Waals surface area (Å²) in [5.74, 6) is -1.69. The first-order valence-electron chi connectivity index (χ1n) is 10.2. The van der Waals surface area contributed by atoms with Crippen molar-refractivity contribution in [2.75, 3.05) is 13.1 Å². The molecular formula is C24H21N3O5. The first-order chi connectivity index (χ1) is 15.6. The van der Waals surface area contributed by atoms with Gasteiger partial charge in [0, 0.05) is 19.5 Å². The Morgan fingerprint density at radius 2 is 1.44 bits per heavy atom. The molecule has 2 aromatic carbocycles. The van der Waals surface area contributed by atoms with Crippen LogP contribution in [0.5, 0.6) is 0 Å². The number of amides is 4. The van der Waals surface area contributed by atoms with Crippen LogP contribution in [-0.4, -0.2) is 47.7 Å². The third-order valence-corrected chi connectivity index (χ3v) is 5.17. The maximum absolute atomic E-state index is 13.1. The highest BCUT2D eigenvalue weighted by Crippen LogP contribution is 2.26. The van der Waals surface area contributed by atoms with E-state index >= 15 is 0 Å². The van der Waals surface area contributed by atoms with E-state index in [4.69, 9.17) is 4.42 Å². The molecule has 0 saturated heterocycles. The number of benzene rings is 2. The van der Waals surface area contributed by atoms with Crippen LogP contribution >= 0.6 is 0 Å². The number of nitrogens with zero attached hydrogens (tertiary/aromatic N) is 1. The molecule has 1 aromatic heterocycles. The lowest BCUT2D eigenvalue weighted by Gasteiger charge is -2.25. The molecule has 3 aromatic rings. The van der Waals surface area contributed by atoms with Crippen molar-refractivity contribution in [3.05, 3.63) is 95.4 Å². The number of carbonyl (C=O) groups excluding carboxylic acids is 4. The fourth-order valence-electron chi connectivity index (χ4n) is 3.60. The van der Waals surface area contributed by atoms with E-state index in [2.05, 4.69) is 10.6 Å². The van der Waals surface area contributed by atoms with Crippen LogP contribution in [-0.2, 0) is 11.2 Å². The van der Waals surface area contributed by atoms with Crippen molar-refractivity contribution >= 4 is 23.6 Å². The molecule has 4 rings (SSSR count). The number of imide groups is 1. The normalized spacial score (nSPS) is 13.6. The average Bonchev–Trinajstić information content (AvgIpc) is 3.44. The zero-order chi connectivity index (χ0) is 22.5. The summed E-state index contributed by atoms with van der Waals surface area (Å²) in [6.45, 7) is 0.283. The van der Waals surface area contributed by atoms with Gasteiger partial charge in [0.15, 0.2) is 5.76 Å². The van der Waals surface area contributed by atoms with Crippen molar-refractivity contribution in [2.24, 2.45) is 0 Å². The number of furan rings is 1. The van der Waals surface area contributed by atoms with E-state index in [1.54, 1.807) is 30.3 Å². The molecule has 8 heteroatoms. The van der Waals surface area contributed by atoms with Crippen molar-refractivity contribution in [3.63, 3.8) is 0 Å². The van der Waals surface area contributed by atoms with Gasteiger partial charge in [-0.2, -0.15) is 0 Å². The third kappa shape index (κ3) is 4.29. The molecule has 1 aliphatic rings. The van der Waals surface area contributed by atoms with Crippen molar-refractivity contribution in [3.8, 4) is 0 Å². The van der Waals surface area contributed by atoms with Gasteiger partial charge in [0.05, 0.1) is 17.4 Å². The van der Waals surface area contributed by atoms with Gasteiger partial charge in [0.1, 0.15) is 6.04 Å². The van der Waals surface area contributed by atoms with Crippen LogP contribution in [0.25, 0.3) is 0 Å². The Balaban J connectivity index is 1.46. The lowest BCUT2D eigenvalue weighted by atomic mass is 10.0. The summed E-state index contributed by atoms with van der Waals surface area (Å²) < 4.78 is 5.02. The molecule has 0 aliphatic carbocycles. The van der Waals surface area contributed by atoms with Crippen molar-refractivity contribution < 1.29 is 23.6 Å². The maximum atomic E-state index is 13.1. The SMILES string of the molecule is O=C(NCCNC(=O)[C@H](Cc1ccccc1)N1C(=O)c2ccccc2C1=O)c1ccco1. The zero-order valence-corrected chi connectivity index (χ0v) is 17.1. The van der Waals surface area contributed by atoms with E-state index < -0.39 is 29.7 Å². The van der Waals surface area contributed by atoms with Crippen LogP contribution in [0.2, 0.25) is 0 Å². The third-order valence-electron chi connectivity index (χ3n) is 5.17. The van der Waals surface area contributed by atoms with Crippen molar-refractivity contribution in [2.45, 2.75) is 12.5 Å². The van der Waals surface area contributed by atoms with E-state index in [1.807, 2.05) is 30.3 Å². The highest BCUT2D eigenvalue weighted by molar-refractivity contribution is 6.22. The molecule has 0 saturated carbocycles. The van der Waals surface area contributed by atoms with Crippen LogP contribution < -0.4 is 10.6 Å².